The summed E-state index contributed by atoms with van der Waals surface area (Å²) in [6.07, 6.45) is 4.37. The third-order valence-corrected chi connectivity index (χ3v) is 5.18. The van der Waals surface area contributed by atoms with Crippen LogP contribution in [0.3, 0.4) is 0 Å². The average Bonchev–Trinajstić information content (AvgIpc) is 3.04. The molecule has 1 fully saturated rings. The Morgan fingerprint density at radius 3 is 2.48 bits per heavy atom. The molecular formula is C20H27N3OS. The number of amides is 1. The largest absolute Gasteiger partial charge is 0.348 e. The summed E-state index contributed by atoms with van der Waals surface area (Å²) in [5.74, 6) is 0.0568. The van der Waals surface area contributed by atoms with Gasteiger partial charge in [0.15, 0.2) is 5.13 Å². The Hall–Kier alpha value is -1.88. The van der Waals surface area contributed by atoms with Gasteiger partial charge in [0.25, 0.3) is 0 Å². The fraction of sp³-hybridized carbons (Fsp3) is 0.500. The van der Waals surface area contributed by atoms with Crippen LogP contribution in [0, 0.1) is 5.41 Å². The number of benzene rings is 1. The first-order valence-electron chi connectivity index (χ1n) is 9.01. The topological polar surface area (TPSA) is 45.2 Å². The zero-order valence-electron chi connectivity index (χ0n) is 15.3. The predicted octanol–water partition coefficient (Wildman–Crippen LogP) is 5.18. The molecule has 4 nitrogen and oxygen atoms in total. The summed E-state index contributed by atoms with van der Waals surface area (Å²) in [5, 5.41) is 6.21. The predicted molar refractivity (Wildman–Crippen MR) is 106 cm³/mol. The van der Waals surface area contributed by atoms with Crippen LogP contribution in [0.15, 0.2) is 29.6 Å². The van der Waals surface area contributed by atoms with E-state index in [2.05, 4.69) is 36.4 Å². The Labute approximate surface area is 154 Å². The lowest BCUT2D eigenvalue weighted by atomic mass is 9.92. The van der Waals surface area contributed by atoms with Gasteiger partial charge in [-0.25, -0.2) is 4.98 Å². The van der Waals surface area contributed by atoms with Crippen molar-refractivity contribution >= 4 is 28.1 Å². The fourth-order valence-corrected chi connectivity index (χ4v) is 3.93. The zero-order valence-corrected chi connectivity index (χ0v) is 16.2. The minimum absolute atomic E-state index is 0.00449. The molecule has 25 heavy (non-hydrogen) atoms. The van der Waals surface area contributed by atoms with E-state index in [1.54, 1.807) is 11.3 Å². The number of rotatable bonds is 4. The van der Waals surface area contributed by atoms with E-state index in [4.69, 9.17) is 4.98 Å². The molecule has 0 unspecified atom stereocenters. The van der Waals surface area contributed by atoms with Crippen molar-refractivity contribution in [2.45, 2.75) is 46.5 Å². The lowest BCUT2D eigenvalue weighted by Crippen LogP contribution is -2.29. The molecule has 134 valence electrons. The first-order valence-corrected chi connectivity index (χ1v) is 9.89. The van der Waals surface area contributed by atoms with E-state index in [-0.39, 0.29) is 11.3 Å². The lowest BCUT2D eigenvalue weighted by Gasteiger charge is -2.25. The quantitative estimate of drug-likeness (QED) is 0.820. The second kappa shape index (κ2) is 7.56. The van der Waals surface area contributed by atoms with Crippen LogP contribution in [0.2, 0.25) is 0 Å². The Morgan fingerprint density at radius 1 is 1.16 bits per heavy atom. The summed E-state index contributed by atoms with van der Waals surface area (Å²) in [7, 11) is 0. The number of aromatic nitrogens is 1. The van der Waals surface area contributed by atoms with Crippen LogP contribution in [-0.2, 0) is 4.79 Å². The maximum Gasteiger partial charge on any atom is 0.224 e. The maximum absolute atomic E-state index is 12.0. The van der Waals surface area contributed by atoms with Crippen molar-refractivity contribution in [3.8, 4) is 11.3 Å². The number of anilines is 2. The Kier molecular flexibility index (Phi) is 5.42. The Morgan fingerprint density at radius 2 is 1.84 bits per heavy atom. The number of piperidine rings is 1. The Balaban J connectivity index is 1.64. The number of carbonyl (C=O) groups is 1. The third kappa shape index (κ3) is 5.05. The molecule has 1 aromatic heterocycles. The molecule has 2 heterocycles. The van der Waals surface area contributed by atoms with Gasteiger partial charge in [0.05, 0.1) is 5.69 Å². The minimum Gasteiger partial charge on any atom is -0.348 e. The normalized spacial score (nSPS) is 15.2. The van der Waals surface area contributed by atoms with Crippen LogP contribution in [0.5, 0.6) is 0 Å². The van der Waals surface area contributed by atoms with E-state index in [1.807, 2.05) is 24.3 Å². The van der Waals surface area contributed by atoms with E-state index in [1.165, 1.54) is 19.3 Å². The number of nitrogens with zero attached hydrogens (tertiary/aromatic N) is 2. The van der Waals surface area contributed by atoms with Gasteiger partial charge in [-0.15, -0.1) is 11.3 Å². The summed E-state index contributed by atoms with van der Waals surface area (Å²) < 4.78 is 0. The van der Waals surface area contributed by atoms with Crippen LogP contribution in [0.4, 0.5) is 10.8 Å². The molecule has 1 N–H and O–H groups in total. The monoisotopic (exact) mass is 357 g/mol. The van der Waals surface area contributed by atoms with E-state index in [0.717, 1.165) is 35.2 Å². The van der Waals surface area contributed by atoms with Crippen LogP contribution < -0.4 is 10.2 Å². The number of hydrogen-bond donors (Lipinski definition) is 1. The van der Waals surface area contributed by atoms with E-state index < -0.39 is 0 Å². The van der Waals surface area contributed by atoms with Gasteiger partial charge in [-0.2, -0.15) is 0 Å². The second-order valence-corrected chi connectivity index (χ2v) is 8.76. The van der Waals surface area contributed by atoms with Gasteiger partial charge in [-0.05, 0) is 36.8 Å². The number of nitrogens with one attached hydrogen (secondary N) is 1. The molecule has 0 bridgehead atoms. The summed E-state index contributed by atoms with van der Waals surface area (Å²) in [6.45, 7) is 8.44. The molecule has 0 spiro atoms. The van der Waals surface area contributed by atoms with E-state index in [0.29, 0.717) is 6.42 Å². The second-order valence-electron chi connectivity index (χ2n) is 7.93. The van der Waals surface area contributed by atoms with Crippen LogP contribution in [-0.4, -0.2) is 24.0 Å². The average molecular weight is 358 g/mol. The van der Waals surface area contributed by atoms with Gasteiger partial charge in [0.1, 0.15) is 0 Å². The van der Waals surface area contributed by atoms with Crippen molar-refractivity contribution in [1.82, 2.24) is 4.98 Å². The molecule has 1 saturated heterocycles. The molecule has 1 aromatic carbocycles. The van der Waals surface area contributed by atoms with Gasteiger partial charge in [-0.1, -0.05) is 32.9 Å². The van der Waals surface area contributed by atoms with Crippen LogP contribution in [0.1, 0.15) is 46.5 Å². The number of thiazole rings is 1. The minimum atomic E-state index is -0.00449. The third-order valence-electron chi connectivity index (χ3n) is 4.27. The van der Waals surface area contributed by atoms with Gasteiger partial charge in [0.2, 0.25) is 5.91 Å². The zero-order chi connectivity index (χ0) is 17.9. The molecule has 2 aromatic rings. The smallest absolute Gasteiger partial charge is 0.224 e. The van der Waals surface area contributed by atoms with Crippen molar-refractivity contribution in [1.29, 1.82) is 0 Å². The van der Waals surface area contributed by atoms with Crippen molar-refractivity contribution in [2.24, 2.45) is 5.41 Å². The highest BCUT2D eigenvalue weighted by atomic mass is 32.1. The van der Waals surface area contributed by atoms with Gasteiger partial charge in [0, 0.05) is 36.1 Å². The summed E-state index contributed by atoms with van der Waals surface area (Å²) >= 11 is 1.72. The molecule has 0 atom stereocenters. The first-order chi connectivity index (χ1) is 11.9. The highest BCUT2D eigenvalue weighted by Gasteiger charge is 2.17. The number of carbonyl (C=O) groups excluding carboxylic acids is 1. The Bertz CT molecular complexity index is 709. The van der Waals surface area contributed by atoms with Crippen LogP contribution >= 0.6 is 11.3 Å². The molecule has 0 saturated carbocycles. The molecule has 0 aliphatic carbocycles. The molecule has 1 amide bonds. The number of hydrogen-bond acceptors (Lipinski definition) is 4. The standard InChI is InChI=1S/C20H27N3OS/c1-20(2,3)13-18(24)21-16-9-7-15(8-10-16)17-14-25-19(22-17)23-11-5-4-6-12-23/h7-10,14H,4-6,11-13H2,1-3H3,(H,21,24). The van der Waals surface area contributed by atoms with Crippen molar-refractivity contribution in [3.63, 3.8) is 0 Å². The van der Waals surface area contributed by atoms with Crippen molar-refractivity contribution < 1.29 is 4.79 Å². The van der Waals surface area contributed by atoms with Crippen molar-refractivity contribution in [3.05, 3.63) is 29.6 Å². The fourth-order valence-electron chi connectivity index (χ4n) is 3.04. The molecule has 5 heteroatoms. The summed E-state index contributed by atoms with van der Waals surface area (Å²) in [4.78, 5) is 19.2. The summed E-state index contributed by atoms with van der Waals surface area (Å²) in [6, 6.07) is 7.97. The highest BCUT2D eigenvalue weighted by Crippen LogP contribution is 2.30. The van der Waals surface area contributed by atoms with Gasteiger partial charge < -0.3 is 10.2 Å². The molecule has 1 aliphatic heterocycles. The molecule has 3 rings (SSSR count). The molecular weight excluding hydrogens is 330 g/mol. The van der Waals surface area contributed by atoms with Crippen LogP contribution in [0.25, 0.3) is 11.3 Å². The SMILES string of the molecule is CC(C)(C)CC(=O)Nc1ccc(-c2csc(N3CCCCC3)n2)cc1. The van der Waals surface area contributed by atoms with Gasteiger partial charge in [-0.3, -0.25) is 4.79 Å². The van der Waals surface area contributed by atoms with Crippen molar-refractivity contribution in [2.75, 3.05) is 23.3 Å². The van der Waals surface area contributed by atoms with E-state index >= 15 is 0 Å². The maximum atomic E-state index is 12.0. The van der Waals surface area contributed by atoms with E-state index in [9.17, 15) is 4.79 Å². The van der Waals surface area contributed by atoms with Gasteiger partial charge >= 0.3 is 0 Å². The summed E-state index contributed by atoms with van der Waals surface area (Å²) in [5.41, 5.74) is 2.94. The first kappa shape index (κ1) is 17.9. The lowest BCUT2D eigenvalue weighted by molar-refractivity contribution is -0.117. The molecule has 1 aliphatic rings. The molecule has 0 radical (unpaired) electrons. The highest BCUT2D eigenvalue weighted by molar-refractivity contribution is 7.14.